The zero-order valence-corrected chi connectivity index (χ0v) is 7.00. The second kappa shape index (κ2) is 2.63. The molecular weight excluding hydrogens is 150 g/mol. The molecule has 1 aromatic heterocycles. The molecule has 0 fully saturated rings. The number of pyridine rings is 1. The van der Waals surface area contributed by atoms with E-state index in [4.69, 9.17) is 6.11 Å². The van der Waals surface area contributed by atoms with Crippen LogP contribution in [-0.4, -0.2) is 11.6 Å². The number of hydrogen-bond acceptors (Lipinski definition) is 2. The van der Waals surface area contributed by atoms with Gasteiger partial charge in [0.05, 0.1) is 13.7 Å². The quantitative estimate of drug-likeness (QED) is 0.583. The number of aromatic nitrogens is 1. The van der Waals surface area contributed by atoms with Crippen LogP contribution >= 0.6 is 0 Å². The average Bonchev–Trinajstić information content (AvgIpc) is 2.12. The van der Waals surface area contributed by atoms with Crippen LogP contribution in [0, 0.1) is 0 Å². The van der Waals surface area contributed by atoms with Crippen LogP contribution in [0.25, 0.3) is 5.76 Å². The first-order valence-corrected chi connectivity index (χ1v) is 3.98. The molecule has 1 atom stereocenters. The molecule has 0 amide bonds. The third kappa shape index (κ3) is 0.998. The second-order valence-electron chi connectivity index (χ2n) is 3.01. The minimum atomic E-state index is 0.255. The lowest BCUT2D eigenvalue weighted by atomic mass is 9.99. The van der Waals surface area contributed by atoms with E-state index in [0.29, 0.717) is 18.5 Å². The van der Waals surface area contributed by atoms with Crippen molar-refractivity contribution in [2.24, 2.45) is 0 Å². The van der Waals surface area contributed by atoms with Crippen molar-refractivity contribution in [2.45, 2.75) is 12.8 Å². The van der Waals surface area contributed by atoms with Crippen molar-refractivity contribution >= 4 is 5.76 Å². The van der Waals surface area contributed by atoms with E-state index in [9.17, 15) is 0 Å². The Balaban J connectivity index is 2.57. The molecule has 1 aliphatic heterocycles. The average molecular weight is 162 g/mol. The van der Waals surface area contributed by atoms with Gasteiger partial charge >= 0.3 is 0 Å². The summed E-state index contributed by atoms with van der Waals surface area (Å²) in [5.74, 6) is 0.923. The van der Waals surface area contributed by atoms with Gasteiger partial charge < -0.3 is 4.74 Å². The highest BCUT2D eigenvalue weighted by Gasteiger charge is 2.20. The first kappa shape index (κ1) is 6.23. The SMILES string of the molecule is [2H]c1ccc2c(n1)[C@H](C)COC2=C. The zero-order valence-electron chi connectivity index (χ0n) is 8.00. The Morgan fingerprint density at radius 3 is 3.50 bits per heavy atom. The van der Waals surface area contributed by atoms with Gasteiger partial charge in [0, 0.05) is 17.7 Å². The third-order valence-electron chi connectivity index (χ3n) is 2.06. The van der Waals surface area contributed by atoms with E-state index < -0.39 is 0 Å². The van der Waals surface area contributed by atoms with E-state index in [1.807, 2.05) is 13.0 Å². The lowest BCUT2D eigenvalue weighted by molar-refractivity contribution is 0.243. The van der Waals surface area contributed by atoms with Gasteiger partial charge in [-0.25, -0.2) is 0 Å². The van der Waals surface area contributed by atoms with Gasteiger partial charge in [-0.05, 0) is 12.1 Å². The van der Waals surface area contributed by atoms with E-state index in [2.05, 4.69) is 11.6 Å². The Morgan fingerprint density at radius 2 is 2.67 bits per heavy atom. The number of fused-ring (bicyclic) bond motifs is 1. The zero-order chi connectivity index (χ0) is 9.42. The Kier molecular flexibility index (Phi) is 1.36. The summed E-state index contributed by atoms with van der Waals surface area (Å²) in [7, 11) is 0. The highest BCUT2D eigenvalue weighted by molar-refractivity contribution is 5.61. The summed E-state index contributed by atoms with van der Waals surface area (Å²) in [4.78, 5) is 4.17. The van der Waals surface area contributed by atoms with Crippen molar-refractivity contribution in [1.29, 1.82) is 0 Å². The van der Waals surface area contributed by atoms with E-state index in [1.165, 1.54) is 0 Å². The molecule has 1 aliphatic rings. The number of nitrogens with zero attached hydrogens (tertiary/aromatic N) is 1. The highest BCUT2D eigenvalue weighted by Crippen LogP contribution is 2.29. The topological polar surface area (TPSA) is 22.1 Å². The summed E-state index contributed by atoms with van der Waals surface area (Å²) < 4.78 is 12.8. The molecule has 12 heavy (non-hydrogen) atoms. The molecule has 0 aliphatic carbocycles. The summed E-state index contributed by atoms with van der Waals surface area (Å²) in [6.07, 6.45) is 0.306. The molecule has 1 aromatic rings. The van der Waals surface area contributed by atoms with Crippen LogP contribution in [0.5, 0.6) is 0 Å². The smallest absolute Gasteiger partial charge is 0.121 e. The van der Waals surface area contributed by atoms with E-state index in [0.717, 1.165) is 11.3 Å². The van der Waals surface area contributed by atoms with Crippen LogP contribution in [-0.2, 0) is 4.74 Å². The molecular formula is C10H11NO. The van der Waals surface area contributed by atoms with Gasteiger partial charge in [0.2, 0.25) is 0 Å². The standard InChI is InChI=1S/C10H11NO/c1-7-6-12-8(2)9-4-3-5-11-10(7)9/h3-5,7H,2,6H2,1H3/t7-/m1/s1/i5D. The van der Waals surface area contributed by atoms with Gasteiger partial charge in [-0.3, -0.25) is 4.98 Å². The summed E-state index contributed by atoms with van der Waals surface area (Å²) in [5.41, 5.74) is 1.87. The minimum absolute atomic E-state index is 0.255. The van der Waals surface area contributed by atoms with Gasteiger partial charge in [0.1, 0.15) is 5.76 Å². The molecule has 0 spiro atoms. The fourth-order valence-electron chi connectivity index (χ4n) is 1.37. The van der Waals surface area contributed by atoms with Gasteiger partial charge in [-0.15, -0.1) is 0 Å². The monoisotopic (exact) mass is 162 g/mol. The predicted molar refractivity (Wildman–Crippen MR) is 47.6 cm³/mol. The Morgan fingerprint density at radius 1 is 1.83 bits per heavy atom. The maximum atomic E-state index is 7.41. The van der Waals surface area contributed by atoms with Crippen molar-refractivity contribution in [2.75, 3.05) is 6.61 Å². The fraction of sp³-hybridized carbons (Fsp3) is 0.300. The highest BCUT2D eigenvalue weighted by atomic mass is 16.5. The number of rotatable bonds is 0. The molecule has 2 heterocycles. The first-order chi connectivity index (χ1) is 6.18. The van der Waals surface area contributed by atoms with Crippen LogP contribution < -0.4 is 0 Å². The van der Waals surface area contributed by atoms with E-state index in [1.54, 1.807) is 6.07 Å². The second-order valence-corrected chi connectivity index (χ2v) is 3.01. The van der Waals surface area contributed by atoms with Crippen molar-refractivity contribution in [3.05, 3.63) is 36.1 Å². The molecule has 62 valence electrons. The molecule has 0 aromatic carbocycles. The first-order valence-electron chi connectivity index (χ1n) is 4.48. The summed E-state index contributed by atoms with van der Waals surface area (Å²) in [6, 6.07) is 3.51. The molecule has 0 N–H and O–H groups in total. The molecule has 0 saturated carbocycles. The lowest BCUT2D eigenvalue weighted by Gasteiger charge is -2.23. The lowest BCUT2D eigenvalue weighted by Crippen LogP contribution is -2.14. The molecule has 2 nitrogen and oxygen atoms in total. The van der Waals surface area contributed by atoms with Crippen LogP contribution in [0.4, 0.5) is 0 Å². The summed E-state index contributed by atoms with van der Waals surface area (Å²) in [5, 5.41) is 0. The van der Waals surface area contributed by atoms with Gasteiger partial charge in [0.15, 0.2) is 0 Å². The summed E-state index contributed by atoms with van der Waals surface area (Å²) in [6.45, 7) is 6.45. The van der Waals surface area contributed by atoms with Crippen molar-refractivity contribution < 1.29 is 6.11 Å². The molecule has 0 bridgehead atoms. The normalized spacial score (nSPS) is 22.6. The van der Waals surface area contributed by atoms with E-state index >= 15 is 0 Å². The molecule has 0 radical (unpaired) electrons. The van der Waals surface area contributed by atoms with Crippen LogP contribution in [0.1, 0.15) is 25.5 Å². The molecule has 0 saturated heterocycles. The fourth-order valence-corrected chi connectivity index (χ4v) is 1.37. The molecule has 2 rings (SSSR count). The van der Waals surface area contributed by atoms with Crippen LogP contribution in [0.2, 0.25) is 0 Å². The van der Waals surface area contributed by atoms with Crippen molar-refractivity contribution in [3.8, 4) is 0 Å². The third-order valence-corrected chi connectivity index (χ3v) is 2.06. The summed E-state index contributed by atoms with van der Waals surface area (Å²) >= 11 is 0. The minimum Gasteiger partial charge on any atom is -0.493 e. The van der Waals surface area contributed by atoms with Gasteiger partial charge in [-0.1, -0.05) is 13.5 Å². The van der Waals surface area contributed by atoms with E-state index in [-0.39, 0.29) is 5.92 Å². The molecule has 0 unspecified atom stereocenters. The van der Waals surface area contributed by atoms with Crippen molar-refractivity contribution in [1.82, 2.24) is 4.98 Å². The number of ether oxygens (including phenoxy) is 1. The number of hydrogen-bond donors (Lipinski definition) is 0. The molecule has 2 heteroatoms. The Bertz CT molecular complexity index is 362. The Hall–Kier alpha value is -1.31. The maximum Gasteiger partial charge on any atom is 0.121 e. The predicted octanol–water partition coefficient (Wildman–Crippen LogP) is 2.19. The van der Waals surface area contributed by atoms with Crippen LogP contribution in [0.3, 0.4) is 0 Å². The largest absolute Gasteiger partial charge is 0.493 e. The van der Waals surface area contributed by atoms with Gasteiger partial charge in [-0.2, -0.15) is 0 Å². The van der Waals surface area contributed by atoms with Gasteiger partial charge in [0.25, 0.3) is 0 Å². The maximum absolute atomic E-state index is 7.41. The van der Waals surface area contributed by atoms with Crippen molar-refractivity contribution in [3.63, 3.8) is 0 Å². The van der Waals surface area contributed by atoms with Crippen LogP contribution in [0.15, 0.2) is 24.9 Å². The Labute approximate surface area is 73.3 Å².